The van der Waals surface area contributed by atoms with Crippen LogP contribution in [0, 0.1) is 0 Å². The van der Waals surface area contributed by atoms with Crippen LogP contribution in [0.5, 0.6) is 0 Å². The van der Waals surface area contributed by atoms with Gasteiger partial charge in [0.15, 0.2) is 0 Å². The summed E-state index contributed by atoms with van der Waals surface area (Å²) in [6.45, 7) is 4.24. The summed E-state index contributed by atoms with van der Waals surface area (Å²) in [5.41, 5.74) is 2.41. The minimum Gasteiger partial charge on any atom is -0.302 e. The van der Waals surface area contributed by atoms with Crippen LogP contribution in [0.4, 0.5) is 0 Å². The van der Waals surface area contributed by atoms with Gasteiger partial charge in [-0.1, -0.05) is 26.0 Å². The van der Waals surface area contributed by atoms with E-state index in [1.54, 1.807) is 0 Å². The molecule has 0 atom stereocenters. The minimum atomic E-state index is -3.15. The zero-order valence-corrected chi connectivity index (χ0v) is 13.2. The van der Waals surface area contributed by atoms with Gasteiger partial charge >= 0.3 is 7.60 Å². The van der Waals surface area contributed by atoms with Gasteiger partial charge in [-0.3, -0.25) is 4.57 Å². The Balaban J connectivity index is 1.98. The van der Waals surface area contributed by atoms with Crippen LogP contribution < -0.4 is 5.30 Å². The summed E-state index contributed by atoms with van der Waals surface area (Å²) in [5, 5.41) is 0.804. The Morgan fingerprint density at radius 2 is 1.65 bits per heavy atom. The zero-order valence-electron chi connectivity index (χ0n) is 12.3. The van der Waals surface area contributed by atoms with Gasteiger partial charge in [0.25, 0.3) is 0 Å². The molecular formula is C16H23O3P. The molecule has 0 radical (unpaired) electrons. The molecule has 0 amide bonds. The second-order valence-electron chi connectivity index (χ2n) is 5.73. The van der Waals surface area contributed by atoms with Crippen LogP contribution in [0.15, 0.2) is 18.2 Å². The van der Waals surface area contributed by atoms with E-state index in [1.807, 2.05) is 12.1 Å². The fraction of sp³-hybridized carbons (Fsp3) is 0.625. The topological polar surface area (TPSA) is 35.5 Å². The molecule has 0 spiro atoms. The summed E-state index contributed by atoms with van der Waals surface area (Å²) >= 11 is 0. The van der Waals surface area contributed by atoms with Crippen LogP contribution >= 0.6 is 7.60 Å². The highest BCUT2D eigenvalue weighted by Crippen LogP contribution is 2.56. The maximum Gasteiger partial charge on any atom is 0.362 e. The van der Waals surface area contributed by atoms with Gasteiger partial charge in [0.2, 0.25) is 0 Å². The highest BCUT2D eigenvalue weighted by molar-refractivity contribution is 7.62. The maximum absolute atomic E-state index is 13.3. The number of aryl methyl sites for hydroxylation is 1. The van der Waals surface area contributed by atoms with Crippen molar-refractivity contribution < 1.29 is 13.6 Å². The SMILES string of the molecule is CCc1cccc(P(=O)(OC2CC2)OC2CC2)c1CC. The number of hydrogen-bond acceptors (Lipinski definition) is 3. The molecule has 3 rings (SSSR count). The Bertz CT molecular complexity index is 515. The van der Waals surface area contributed by atoms with Gasteiger partial charge < -0.3 is 9.05 Å². The van der Waals surface area contributed by atoms with Crippen molar-refractivity contribution in [3.05, 3.63) is 29.3 Å². The van der Waals surface area contributed by atoms with Gasteiger partial charge in [0, 0.05) is 0 Å². The molecule has 110 valence electrons. The van der Waals surface area contributed by atoms with Gasteiger partial charge in [-0.05, 0) is 55.7 Å². The molecule has 20 heavy (non-hydrogen) atoms. The molecule has 0 aromatic heterocycles. The minimum absolute atomic E-state index is 0.134. The second-order valence-corrected chi connectivity index (χ2v) is 7.63. The molecule has 0 aliphatic heterocycles. The highest BCUT2D eigenvalue weighted by atomic mass is 31.2. The van der Waals surface area contributed by atoms with Crippen LogP contribution in [-0.4, -0.2) is 12.2 Å². The van der Waals surface area contributed by atoms with Gasteiger partial charge in [0.1, 0.15) is 0 Å². The van der Waals surface area contributed by atoms with E-state index in [0.717, 1.165) is 49.4 Å². The predicted octanol–water partition coefficient (Wildman–Crippen LogP) is 3.99. The van der Waals surface area contributed by atoms with E-state index in [0.29, 0.717) is 0 Å². The first kappa shape index (κ1) is 14.3. The van der Waals surface area contributed by atoms with Gasteiger partial charge in [-0.2, -0.15) is 0 Å². The summed E-state index contributed by atoms with van der Waals surface area (Å²) in [7, 11) is -3.15. The van der Waals surface area contributed by atoms with Gasteiger partial charge in [-0.15, -0.1) is 0 Å². The van der Waals surface area contributed by atoms with Gasteiger partial charge in [0.05, 0.1) is 17.5 Å². The molecule has 0 bridgehead atoms. The average molecular weight is 294 g/mol. The standard InChI is InChI=1S/C16H23O3P/c1-3-12-6-5-7-16(15(12)4-2)20(17,18-13-8-9-13)19-14-10-11-14/h5-7,13-14H,3-4,8-11H2,1-2H3. The molecule has 4 heteroatoms. The van der Waals surface area contributed by atoms with Crippen molar-refractivity contribution in [2.45, 2.75) is 64.6 Å². The molecule has 2 aliphatic rings. The molecule has 0 heterocycles. The Morgan fingerprint density at radius 1 is 1.05 bits per heavy atom. The molecule has 3 nitrogen and oxygen atoms in total. The lowest BCUT2D eigenvalue weighted by Crippen LogP contribution is -2.18. The normalized spacial score (nSPS) is 19.3. The lowest BCUT2D eigenvalue weighted by Gasteiger charge is -2.22. The quantitative estimate of drug-likeness (QED) is 0.713. The first-order chi connectivity index (χ1) is 9.66. The predicted molar refractivity (Wildman–Crippen MR) is 80.7 cm³/mol. The maximum atomic E-state index is 13.3. The summed E-state index contributed by atoms with van der Waals surface area (Å²) < 4.78 is 25.0. The van der Waals surface area contributed by atoms with E-state index in [9.17, 15) is 4.57 Å². The third-order valence-electron chi connectivity index (χ3n) is 3.90. The van der Waals surface area contributed by atoms with E-state index >= 15 is 0 Å². The van der Waals surface area contributed by atoms with Crippen molar-refractivity contribution in [3.63, 3.8) is 0 Å². The van der Waals surface area contributed by atoms with Crippen LogP contribution in [0.2, 0.25) is 0 Å². The lowest BCUT2D eigenvalue weighted by molar-refractivity contribution is 0.198. The molecule has 2 aliphatic carbocycles. The van der Waals surface area contributed by atoms with Crippen molar-refractivity contribution in [2.24, 2.45) is 0 Å². The van der Waals surface area contributed by atoms with Crippen molar-refractivity contribution in [1.29, 1.82) is 0 Å². The van der Waals surface area contributed by atoms with Gasteiger partial charge in [-0.25, -0.2) is 0 Å². The fourth-order valence-electron chi connectivity index (χ4n) is 2.49. The molecule has 0 unspecified atom stereocenters. The molecule has 0 saturated heterocycles. The molecule has 1 aromatic rings. The van der Waals surface area contributed by atoms with E-state index in [2.05, 4.69) is 19.9 Å². The van der Waals surface area contributed by atoms with E-state index in [4.69, 9.17) is 9.05 Å². The summed E-state index contributed by atoms with van der Waals surface area (Å²) in [5.74, 6) is 0. The number of rotatable bonds is 7. The Kier molecular flexibility index (Phi) is 4.03. The summed E-state index contributed by atoms with van der Waals surface area (Å²) in [6.07, 6.45) is 6.11. The summed E-state index contributed by atoms with van der Waals surface area (Å²) in [6, 6.07) is 6.02. The second kappa shape index (κ2) is 5.63. The van der Waals surface area contributed by atoms with Crippen LogP contribution in [0.1, 0.15) is 50.7 Å². The third kappa shape index (κ3) is 3.00. The lowest BCUT2D eigenvalue weighted by atomic mass is 10.0. The first-order valence-corrected chi connectivity index (χ1v) is 9.28. The van der Waals surface area contributed by atoms with Crippen molar-refractivity contribution in [1.82, 2.24) is 0 Å². The van der Waals surface area contributed by atoms with Crippen molar-refractivity contribution in [2.75, 3.05) is 0 Å². The average Bonchev–Trinajstić information content (AvgIpc) is 3.35. The van der Waals surface area contributed by atoms with E-state index in [1.165, 1.54) is 5.56 Å². The Labute approximate surface area is 121 Å². The number of hydrogen-bond donors (Lipinski definition) is 0. The van der Waals surface area contributed by atoms with Crippen molar-refractivity contribution in [3.8, 4) is 0 Å². The third-order valence-corrected chi connectivity index (χ3v) is 6.06. The fourth-order valence-corrected chi connectivity index (χ4v) is 4.88. The molecular weight excluding hydrogens is 271 g/mol. The zero-order chi connectivity index (χ0) is 14.2. The largest absolute Gasteiger partial charge is 0.362 e. The molecule has 2 saturated carbocycles. The molecule has 1 aromatic carbocycles. The van der Waals surface area contributed by atoms with Crippen molar-refractivity contribution >= 4 is 12.9 Å². The highest BCUT2D eigenvalue weighted by Gasteiger charge is 2.42. The smallest absolute Gasteiger partial charge is 0.302 e. The summed E-state index contributed by atoms with van der Waals surface area (Å²) in [4.78, 5) is 0. The van der Waals surface area contributed by atoms with E-state index in [-0.39, 0.29) is 12.2 Å². The van der Waals surface area contributed by atoms with Crippen LogP contribution in [0.25, 0.3) is 0 Å². The first-order valence-electron chi connectivity index (χ1n) is 7.74. The molecule has 2 fully saturated rings. The monoisotopic (exact) mass is 294 g/mol. The van der Waals surface area contributed by atoms with Crippen LogP contribution in [-0.2, 0) is 26.5 Å². The Morgan fingerprint density at radius 3 is 2.10 bits per heavy atom. The molecule has 0 N–H and O–H groups in total. The Hall–Kier alpha value is -0.630. The number of benzene rings is 1. The van der Waals surface area contributed by atoms with E-state index < -0.39 is 7.60 Å². The van der Waals surface area contributed by atoms with Crippen LogP contribution in [0.3, 0.4) is 0 Å².